The molecule has 1 N–H and O–H groups in total. The molecular weight excluding hydrogens is 374 g/mol. The molecule has 28 heavy (non-hydrogen) atoms. The van der Waals surface area contributed by atoms with Crippen molar-refractivity contribution in [2.24, 2.45) is 5.92 Å². The third kappa shape index (κ3) is 5.64. The number of aromatic nitrogens is 2. The predicted molar refractivity (Wildman–Crippen MR) is 101 cm³/mol. The number of hydrogen-bond acceptors (Lipinski definition) is 4. The van der Waals surface area contributed by atoms with E-state index < -0.39 is 29.8 Å². The number of pyridine rings is 2. The van der Waals surface area contributed by atoms with Gasteiger partial charge in [0.15, 0.2) is 0 Å². The quantitative estimate of drug-likeness (QED) is 0.616. The third-order valence-electron chi connectivity index (χ3n) is 4.25. The van der Waals surface area contributed by atoms with Gasteiger partial charge in [0, 0.05) is 25.4 Å². The van der Waals surface area contributed by atoms with Crippen molar-refractivity contribution in [1.82, 2.24) is 9.97 Å². The number of hydrogen-bond donors (Lipinski definition) is 1. The van der Waals surface area contributed by atoms with Gasteiger partial charge in [0.1, 0.15) is 11.4 Å². The minimum atomic E-state index is -2.86. The average Bonchev–Trinajstić information content (AvgIpc) is 2.59. The zero-order chi connectivity index (χ0) is 21.1. The lowest BCUT2D eigenvalue weighted by Gasteiger charge is -2.32. The van der Waals surface area contributed by atoms with Crippen LogP contribution in [0.3, 0.4) is 0 Å². The minimum Gasteiger partial charge on any atom is -0.388 e. The number of rotatable bonds is 8. The van der Waals surface area contributed by atoms with E-state index in [1.807, 2.05) is 13.8 Å². The summed E-state index contributed by atoms with van der Waals surface area (Å²) in [5.74, 6) is 0.245. The molecule has 0 aliphatic heterocycles. The Hall–Kier alpha value is -2.22. The van der Waals surface area contributed by atoms with Crippen LogP contribution in [0, 0.1) is 5.92 Å². The van der Waals surface area contributed by atoms with Crippen LogP contribution in [-0.4, -0.2) is 34.3 Å². The first-order valence-electron chi connectivity index (χ1n) is 8.97. The molecule has 0 saturated heterocycles. The lowest BCUT2D eigenvalue weighted by Crippen LogP contribution is -2.40. The smallest absolute Gasteiger partial charge is 0.282 e. The van der Waals surface area contributed by atoms with E-state index >= 15 is 0 Å². The Morgan fingerprint density at radius 2 is 1.79 bits per heavy atom. The second-order valence-electron chi connectivity index (χ2n) is 7.62. The van der Waals surface area contributed by atoms with Crippen LogP contribution in [0.4, 0.5) is 23.2 Å². The highest BCUT2D eigenvalue weighted by atomic mass is 19.3. The fraction of sp³-hybridized carbons (Fsp3) is 0.500. The van der Waals surface area contributed by atoms with Gasteiger partial charge in [-0.05, 0) is 43.5 Å². The Labute approximate surface area is 162 Å². The van der Waals surface area contributed by atoms with Gasteiger partial charge in [0.2, 0.25) is 0 Å². The van der Waals surface area contributed by atoms with E-state index in [4.69, 9.17) is 0 Å². The Kier molecular flexibility index (Phi) is 6.98. The highest BCUT2D eigenvalue weighted by molar-refractivity contribution is 5.64. The van der Waals surface area contributed by atoms with Gasteiger partial charge >= 0.3 is 0 Å². The lowest BCUT2D eigenvalue weighted by atomic mass is 9.93. The van der Waals surface area contributed by atoms with Crippen molar-refractivity contribution in [3.05, 3.63) is 41.9 Å². The molecule has 8 heteroatoms. The zero-order valence-electron chi connectivity index (χ0n) is 16.3. The first kappa shape index (κ1) is 22.1. The molecule has 0 aliphatic carbocycles. The molecule has 0 fully saturated rings. The number of aliphatic hydroxyl groups is 1. The molecule has 0 spiro atoms. The van der Waals surface area contributed by atoms with E-state index in [9.17, 15) is 22.7 Å². The monoisotopic (exact) mass is 399 g/mol. The highest BCUT2D eigenvalue weighted by Crippen LogP contribution is 2.32. The molecule has 0 aliphatic rings. The molecule has 4 nitrogen and oxygen atoms in total. The first-order valence-corrected chi connectivity index (χ1v) is 8.97. The number of likely N-dealkylation sites (N-methyl/N-ethyl adjacent to an activating group) is 1. The molecular formula is C20H25F4N3O. The van der Waals surface area contributed by atoms with Crippen LogP contribution in [0.2, 0.25) is 0 Å². The Morgan fingerprint density at radius 3 is 2.36 bits per heavy atom. The number of alkyl halides is 4. The molecule has 154 valence electrons. The first-order chi connectivity index (χ1) is 13.0. The largest absolute Gasteiger partial charge is 0.388 e. The van der Waals surface area contributed by atoms with Gasteiger partial charge in [-0.15, -0.1) is 0 Å². The zero-order valence-corrected chi connectivity index (χ0v) is 16.3. The Bertz CT molecular complexity index is 797. The van der Waals surface area contributed by atoms with Crippen LogP contribution in [0.25, 0.3) is 11.3 Å². The van der Waals surface area contributed by atoms with Crippen molar-refractivity contribution in [3.8, 4) is 11.3 Å². The second kappa shape index (κ2) is 8.86. The van der Waals surface area contributed by atoms with Crippen molar-refractivity contribution in [2.75, 3.05) is 18.5 Å². The Morgan fingerprint density at radius 1 is 1.11 bits per heavy atom. The standard InChI is InChI=1S/C20H25F4N3O/c1-12(2)10-20(3,28)11-27(4)16-6-5-14(26-17(16)19(23)24)13-7-8-25-15(9-13)18(21)22/h5-9,12,18-19,28H,10-11H2,1-4H3/t20-/m0/s1. The van der Waals surface area contributed by atoms with Crippen molar-refractivity contribution in [2.45, 2.75) is 45.6 Å². The summed E-state index contributed by atoms with van der Waals surface area (Å²) in [5.41, 5.74) is -1.33. The Balaban J connectivity index is 2.36. The summed E-state index contributed by atoms with van der Waals surface area (Å²) in [6.07, 6.45) is -3.91. The van der Waals surface area contributed by atoms with Crippen LogP contribution in [-0.2, 0) is 0 Å². The second-order valence-corrected chi connectivity index (χ2v) is 7.62. The van der Waals surface area contributed by atoms with E-state index in [0.29, 0.717) is 6.42 Å². The SMILES string of the molecule is CC(C)C[C@](C)(O)CN(C)c1ccc(-c2ccnc(C(F)F)c2)nc1C(F)F. The van der Waals surface area contributed by atoms with Crippen LogP contribution in [0.1, 0.15) is 51.4 Å². The van der Waals surface area contributed by atoms with E-state index in [-0.39, 0.29) is 29.4 Å². The van der Waals surface area contributed by atoms with Crippen LogP contribution in [0.15, 0.2) is 30.5 Å². The maximum atomic E-state index is 13.7. The van der Waals surface area contributed by atoms with Gasteiger partial charge in [-0.1, -0.05) is 13.8 Å². The van der Waals surface area contributed by atoms with Crippen molar-refractivity contribution in [3.63, 3.8) is 0 Å². The summed E-state index contributed by atoms with van der Waals surface area (Å²) < 4.78 is 53.0. The fourth-order valence-electron chi connectivity index (χ4n) is 3.38. The highest BCUT2D eigenvalue weighted by Gasteiger charge is 2.27. The molecule has 0 bridgehead atoms. The van der Waals surface area contributed by atoms with E-state index in [0.717, 1.165) is 6.07 Å². The van der Waals surface area contributed by atoms with Gasteiger partial charge in [-0.25, -0.2) is 22.5 Å². The van der Waals surface area contributed by atoms with Crippen LogP contribution < -0.4 is 4.90 Å². The average molecular weight is 399 g/mol. The molecule has 0 saturated carbocycles. The normalized spacial score (nSPS) is 14.0. The number of halogens is 4. The summed E-state index contributed by atoms with van der Waals surface area (Å²) >= 11 is 0. The molecule has 0 radical (unpaired) electrons. The maximum absolute atomic E-state index is 13.7. The molecule has 2 aromatic rings. The summed E-state index contributed by atoms with van der Waals surface area (Å²) in [5, 5.41) is 10.5. The van der Waals surface area contributed by atoms with E-state index in [2.05, 4.69) is 9.97 Å². The molecule has 2 heterocycles. The number of anilines is 1. The van der Waals surface area contributed by atoms with Gasteiger partial charge < -0.3 is 10.0 Å². The van der Waals surface area contributed by atoms with E-state index in [1.54, 1.807) is 14.0 Å². The van der Waals surface area contributed by atoms with Crippen LogP contribution in [0.5, 0.6) is 0 Å². The third-order valence-corrected chi connectivity index (χ3v) is 4.25. The maximum Gasteiger partial charge on any atom is 0.282 e. The van der Waals surface area contributed by atoms with Gasteiger partial charge in [0.05, 0.1) is 17.0 Å². The molecule has 2 rings (SSSR count). The summed E-state index contributed by atoms with van der Waals surface area (Å²) in [6, 6.07) is 5.55. The lowest BCUT2D eigenvalue weighted by molar-refractivity contribution is 0.0460. The van der Waals surface area contributed by atoms with Crippen molar-refractivity contribution in [1.29, 1.82) is 0 Å². The van der Waals surface area contributed by atoms with Crippen LogP contribution >= 0.6 is 0 Å². The summed E-state index contributed by atoms with van der Waals surface area (Å²) in [4.78, 5) is 9.12. The van der Waals surface area contributed by atoms with Gasteiger partial charge in [-0.3, -0.25) is 4.98 Å². The van der Waals surface area contributed by atoms with Crippen molar-refractivity contribution < 1.29 is 22.7 Å². The minimum absolute atomic E-state index is 0.150. The number of nitrogens with zero attached hydrogens (tertiary/aromatic N) is 3. The van der Waals surface area contributed by atoms with Crippen molar-refractivity contribution >= 4 is 5.69 Å². The fourth-order valence-corrected chi connectivity index (χ4v) is 3.38. The molecule has 1 atom stereocenters. The van der Waals surface area contributed by atoms with Gasteiger partial charge in [0.25, 0.3) is 12.9 Å². The van der Waals surface area contributed by atoms with Gasteiger partial charge in [-0.2, -0.15) is 0 Å². The summed E-state index contributed by atoms with van der Waals surface area (Å²) in [7, 11) is 1.61. The molecule has 2 aromatic heterocycles. The van der Waals surface area contributed by atoms with E-state index in [1.165, 1.54) is 29.3 Å². The summed E-state index contributed by atoms with van der Waals surface area (Å²) in [6.45, 7) is 5.75. The topological polar surface area (TPSA) is 49.2 Å². The molecule has 0 unspecified atom stereocenters. The molecule has 0 aromatic carbocycles. The molecule has 0 amide bonds. The predicted octanol–water partition coefficient (Wildman–Crippen LogP) is 5.25.